The molecule has 1 unspecified atom stereocenters. The molecule has 2 rings (SSSR count). The summed E-state index contributed by atoms with van der Waals surface area (Å²) in [7, 11) is 0. The van der Waals surface area contributed by atoms with Crippen molar-refractivity contribution in [3.63, 3.8) is 0 Å². The van der Waals surface area contributed by atoms with Crippen molar-refractivity contribution in [3.05, 3.63) is 28.8 Å². The van der Waals surface area contributed by atoms with Crippen molar-refractivity contribution in [2.24, 2.45) is 11.8 Å². The standard InChI is InChI=1S/C19H29ClN2OS/c1-14(2)7-9-24-13-19(23)21-11-16-6-8-22(12-16)18-10-17(20)5-4-15(18)3/h4-5,10,14,16H,6-9,11-13H2,1-3H3,(H,21,23). The number of carbonyl (C=O) groups is 1. The minimum Gasteiger partial charge on any atom is -0.371 e. The minimum absolute atomic E-state index is 0.168. The fourth-order valence-electron chi connectivity index (χ4n) is 2.93. The zero-order chi connectivity index (χ0) is 17.5. The third-order valence-electron chi connectivity index (χ3n) is 4.46. The van der Waals surface area contributed by atoms with Gasteiger partial charge in [0.2, 0.25) is 5.91 Å². The molecule has 1 atom stereocenters. The van der Waals surface area contributed by atoms with Gasteiger partial charge in [-0.2, -0.15) is 11.8 Å². The van der Waals surface area contributed by atoms with Crippen LogP contribution in [0.3, 0.4) is 0 Å². The summed E-state index contributed by atoms with van der Waals surface area (Å²) >= 11 is 7.86. The summed E-state index contributed by atoms with van der Waals surface area (Å²) in [5, 5.41) is 3.88. The van der Waals surface area contributed by atoms with Gasteiger partial charge in [-0.15, -0.1) is 0 Å². The maximum Gasteiger partial charge on any atom is 0.230 e. The number of benzene rings is 1. The Morgan fingerprint density at radius 1 is 1.46 bits per heavy atom. The number of hydrogen-bond donors (Lipinski definition) is 1. The van der Waals surface area contributed by atoms with Gasteiger partial charge in [0, 0.05) is 30.3 Å². The van der Waals surface area contributed by atoms with Gasteiger partial charge in [-0.1, -0.05) is 31.5 Å². The second kappa shape index (κ2) is 9.57. The first-order valence-corrected chi connectivity index (χ1v) is 10.3. The van der Waals surface area contributed by atoms with E-state index in [1.165, 1.54) is 17.7 Å². The Balaban J connectivity index is 1.70. The Hall–Kier alpha value is -0.870. The van der Waals surface area contributed by atoms with Crippen molar-refractivity contribution in [2.45, 2.75) is 33.6 Å². The number of amides is 1. The molecule has 24 heavy (non-hydrogen) atoms. The zero-order valence-corrected chi connectivity index (χ0v) is 16.6. The Morgan fingerprint density at radius 2 is 2.25 bits per heavy atom. The van der Waals surface area contributed by atoms with E-state index < -0.39 is 0 Å². The van der Waals surface area contributed by atoms with Gasteiger partial charge in [0.05, 0.1) is 5.75 Å². The van der Waals surface area contributed by atoms with Gasteiger partial charge >= 0.3 is 0 Å². The number of hydrogen-bond acceptors (Lipinski definition) is 3. The van der Waals surface area contributed by atoms with Crippen molar-refractivity contribution >= 4 is 35.0 Å². The molecule has 1 aromatic rings. The fourth-order valence-corrected chi connectivity index (χ4v) is 4.17. The number of aryl methyl sites for hydroxylation is 1. The van der Waals surface area contributed by atoms with Gasteiger partial charge in [0.25, 0.3) is 0 Å². The molecule has 1 N–H and O–H groups in total. The average Bonchev–Trinajstić information content (AvgIpc) is 3.00. The molecule has 1 heterocycles. The Morgan fingerprint density at radius 3 is 3.00 bits per heavy atom. The molecule has 0 saturated carbocycles. The predicted octanol–water partition coefficient (Wildman–Crippen LogP) is 4.37. The number of nitrogens with one attached hydrogen (secondary N) is 1. The summed E-state index contributed by atoms with van der Waals surface area (Å²) in [6.45, 7) is 9.35. The fraction of sp³-hybridized carbons (Fsp3) is 0.632. The van der Waals surface area contributed by atoms with Crippen LogP contribution in [0.2, 0.25) is 5.02 Å². The lowest BCUT2D eigenvalue weighted by Crippen LogP contribution is -2.32. The van der Waals surface area contributed by atoms with E-state index in [4.69, 9.17) is 11.6 Å². The number of anilines is 1. The highest BCUT2D eigenvalue weighted by molar-refractivity contribution is 7.99. The van der Waals surface area contributed by atoms with Gasteiger partial charge in [0.15, 0.2) is 0 Å². The lowest BCUT2D eigenvalue weighted by atomic mass is 10.1. The van der Waals surface area contributed by atoms with Gasteiger partial charge in [0.1, 0.15) is 0 Å². The largest absolute Gasteiger partial charge is 0.371 e. The summed E-state index contributed by atoms with van der Waals surface area (Å²) in [6, 6.07) is 6.05. The van der Waals surface area contributed by atoms with Gasteiger partial charge < -0.3 is 10.2 Å². The highest BCUT2D eigenvalue weighted by Crippen LogP contribution is 2.29. The number of rotatable bonds is 8. The molecule has 0 bridgehead atoms. The molecule has 1 amide bonds. The molecule has 0 aliphatic carbocycles. The highest BCUT2D eigenvalue weighted by Gasteiger charge is 2.24. The number of thioether (sulfide) groups is 1. The molecule has 5 heteroatoms. The topological polar surface area (TPSA) is 32.3 Å². The second-order valence-corrected chi connectivity index (χ2v) is 8.61. The summed E-state index contributed by atoms with van der Waals surface area (Å²) in [4.78, 5) is 14.3. The van der Waals surface area contributed by atoms with Crippen molar-refractivity contribution < 1.29 is 4.79 Å². The first-order valence-electron chi connectivity index (χ1n) is 8.81. The molecule has 1 saturated heterocycles. The van der Waals surface area contributed by atoms with Crippen LogP contribution in [0.1, 0.15) is 32.3 Å². The van der Waals surface area contributed by atoms with E-state index >= 15 is 0 Å². The molecule has 0 radical (unpaired) electrons. The molecule has 1 fully saturated rings. The maximum atomic E-state index is 11.9. The highest BCUT2D eigenvalue weighted by atomic mass is 35.5. The van der Waals surface area contributed by atoms with Crippen LogP contribution < -0.4 is 10.2 Å². The third kappa shape index (κ3) is 6.21. The van der Waals surface area contributed by atoms with Crippen molar-refractivity contribution in [1.82, 2.24) is 5.32 Å². The van der Waals surface area contributed by atoms with E-state index in [2.05, 4.69) is 37.1 Å². The lowest BCUT2D eigenvalue weighted by Gasteiger charge is -2.21. The summed E-state index contributed by atoms with van der Waals surface area (Å²) in [5.74, 6) is 3.04. The Kier molecular flexibility index (Phi) is 7.76. The van der Waals surface area contributed by atoms with Crippen LogP contribution in [0.5, 0.6) is 0 Å². The third-order valence-corrected chi connectivity index (χ3v) is 5.68. The molecule has 1 aromatic carbocycles. The smallest absolute Gasteiger partial charge is 0.230 e. The van der Waals surface area contributed by atoms with Gasteiger partial charge in [-0.3, -0.25) is 4.79 Å². The first-order chi connectivity index (χ1) is 11.5. The monoisotopic (exact) mass is 368 g/mol. The molecule has 134 valence electrons. The predicted molar refractivity (Wildman–Crippen MR) is 106 cm³/mol. The van der Waals surface area contributed by atoms with Gasteiger partial charge in [-0.25, -0.2) is 0 Å². The van der Waals surface area contributed by atoms with E-state index in [1.54, 1.807) is 11.8 Å². The van der Waals surface area contributed by atoms with E-state index in [9.17, 15) is 4.79 Å². The van der Waals surface area contributed by atoms with Crippen molar-refractivity contribution in [3.8, 4) is 0 Å². The number of halogens is 1. The van der Waals surface area contributed by atoms with Crippen LogP contribution in [0.25, 0.3) is 0 Å². The molecular weight excluding hydrogens is 340 g/mol. The van der Waals surface area contributed by atoms with Crippen LogP contribution in [-0.2, 0) is 4.79 Å². The van der Waals surface area contributed by atoms with Crippen LogP contribution in [0.15, 0.2) is 18.2 Å². The second-order valence-electron chi connectivity index (χ2n) is 7.07. The molecule has 0 spiro atoms. The normalized spacial score (nSPS) is 17.5. The van der Waals surface area contributed by atoms with E-state index in [1.807, 2.05) is 12.1 Å². The Bertz CT molecular complexity index is 550. The Labute approximate surface area is 155 Å². The lowest BCUT2D eigenvalue weighted by molar-refractivity contribution is -0.118. The van der Waals surface area contributed by atoms with Crippen molar-refractivity contribution in [2.75, 3.05) is 36.0 Å². The summed E-state index contributed by atoms with van der Waals surface area (Å²) in [5.41, 5.74) is 2.48. The number of nitrogens with zero attached hydrogens (tertiary/aromatic N) is 1. The number of carbonyl (C=O) groups excluding carboxylic acids is 1. The van der Waals surface area contributed by atoms with Gasteiger partial charge in [-0.05, 0) is 55.1 Å². The van der Waals surface area contributed by atoms with Crippen LogP contribution in [0, 0.1) is 18.8 Å². The molecule has 3 nitrogen and oxygen atoms in total. The average molecular weight is 369 g/mol. The molecule has 0 aromatic heterocycles. The first kappa shape index (κ1) is 19.5. The van der Waals surface area contributed by atoms with Crippen LogP contribution in [0.4, 0.5) is 5.69 Å². The van der Waals surface area contributed by atoms with Crippen LogP contribution in [-0.4, -0.2) is 37.0 Å². The SMILES string of the molecule is Cc1ccc(Cl)cc1N1CCC(CNC(=O)CSCCC(C)C)C1. The summed E-state index contributed by atoms with van der Waals surface area (Å²) in [6.07, 6.45) is 2.29. The van der Waals surface area contributed by atoms with Crippen LogP contribution >= 0.6 is 23.4 Å². The summed E-state index contributed by atoms with van der Waals surface area (Å²) < 4.78 is 0. The molecular formula is C19H29ClN2OS. The van der Waals surface area contributed by atoms with E-state index in [0.29, 0.717) is 17.6 Å². The minimum atomic E-state index is 0.168. The quantitative estimate of drug-likeness (QED) is 0.691. The van der Waals surface area contributed by atoms with E-state index in [-0.39, 0.29) is 5.91 Å². The molecule has 1 aliphatic heterocycles. The zero-order valence-electron chi connectivity index (χ0n) is 15.0. The van der Waals surface area contributed by atoms with Crippen molar-refractivity contribution in [1.29, 1.82) is 0 Å². The maximum absolute atomic E-state index is 11.9. The molecule has 1 aliphatic rings. The van der Waals surface area contributed by atoms with E-state index in [0.717, 1.165) is 36.8 Å².